The van der Waals surface area contributed by atoms with Gasteiger partial charge in [-0.05, 0) is 43.7 Å². The number of hydrogen-bond acceptors (Lipinski definition) is 6. The van der Waals surface area contributed by atoms with Gasteiger partial charge in [-0.1, -0.05) is 29.8 Å². The number of ether oxygens (including phenoxy) is 3. The summed E-state index contributed by atoms with van der Waals surface area (Å²) in [5.74, 6) is -1.25. The monoisotopic (exact) mass is 442 g/mol. The second-order valence-electron chi connectivity index (χ2n) is 6.71. The molecule has 0 fully saturated rings. The number of hydrogen-bond donors (Lipinski definition) is 1. The average molecular weight is 443 g/mol. The van der Waals surface area contributed by atoms with Gasteiger partial charge in [-0.3, -0.25) is 0 Å². The van der Waals surface area contributed by atoms with E-state index in [0.29, 0.717) is 21.9 Å². The van der Waals surface area contributed by atoms with E-state index in [4.69, 9.17) is 31.5 Å². The van der Waals surface area contributed by atoms with E-state index < -0.39 is 17.7 Å². The van der Waals surface area contributed by atoms with Crippen molar-refractivity contribution in [3.63, 3.8) is 0 Å². The van der Waals surface area contributed by atoms with Gasteiger partial charge in [0, 0.05) is 10.6 Å². The Hall–Kier alpha value is -3.50. The molecule has 2 aromatic rings. The first kappa shape index (κ1) is 22.2. The van der Waals surface area contributed by atoms with Gasteiger partial charge in [0.15, 0.2) is 0 Å². The molecule has 1 aliphatic heterocycles. The number of carbonyl (C=O) groups excluding carboxylic acids is 1. The van der Waals surface area contributed by atoms with E-state index >= 15 is 0 Å². The lowest BCUT2D eigenvalue weighted by atomic mass is 9.83. The minimum Gasteiger partial charge on any atom is -0.489 e. The van der Waals surface area contributed by atoms with E-state index in [1.807, 2.05) is 6.07 Å². The molecule has 0 bridgehead atoms. The Kier molecular flexibility index (Phi) is 6.83. The van der Waals surface area contributed by atoms with Crippen molar-refractivity contribution < 1.29 is 23.4 Å². The maximum atomic E-state index is 14.0. The predicted molar refractivity (Wildman–Crippen MR) is 112 cm³/mol. The normalized spacial score (nSPS) is 15.9. The van der Waals surface area contributed by atoms with Gasteiger partial charge in [-0.15, -0.1) is 0 Å². The van der Waals surface area contributed by atoms with Crippen LogP contribution in [0.5, 0.6) is 5.75 Å². The summed E-state index contributed by atoms with van der Waals surface area (Å²) in [4.78, 5) is 12.6. The maximum Gasteiger partial charge on any atom is 0.338 e. The highest BCUT2D eigenvalue weighted by Crippen LogP contribution is 2.40. The highest BCUT2D eigenvalue weighted by atomic mass is 35.5. The minimum absolute atomic E-state index is 0.0249. The minimum atomic E-state index is -0.784. The van der Waals surface area contributed by atoms with Crippen LogP contribution in [0.1, 0.15) is 30.9 Å². The van der Waals surface area contributed by atoms with Crippen LogP contribution in [0.15, 0.2) is 65.3 Å². The molecule has 0 radical (unpaired) electrons. The number of esters is 1. The van der Waals surface area contributed by atoms with E-state index in [9.17, 15) is 14.4 Å². The SMILES string of the molecule is CCOC(=O)C1=C(C)OC(N)=C(C#N)C1c1cccc(OCc2ccc(Cl)cc2F)c1. The summed E-state index contributed by atoms with van der Waals surface area (Å²) in [6, 6.07) is 13.2. The zero-order chi connectivity index (χ0) is 22.5. The quantitative estimate of drug-likeness (QED) is 0.651. The van der Waals surface area contributed by atoms with Crippen molar-refractivity contribution in [3.8, 4) is 11.8 Å². The van der Waals surface area contributed by atoms with Crippen molar-refractivity contribution >= 4 is 17.6 Å². The Morgan fingerprint density at radius 2 is 2.10 bits per heavy atom. The third kappa shape index (κ3) is 4.81. The third-order valence-corrected chi connectivity index (χ3v) is 4.94. The fraction of sp³-hybridized carbons (Fsp3) is 0.217. The zero-order valence-electron chi connectivity index (χ0n) is 16.9. The largest absolute Gasteiger partial charge is 0.489 e. The van der Waals surface area contributed by atoms with Gasteiger partial charge in [-0.2, -0.15) is 5.26 Å². The van der Waals surface area contributed by atoms with Crippen LogP contribution in [0, 0.1) is 17.1 Å². The number of nitriles is 1. The van der Waals surface area contributed by atoms with Gasteiger partial charge >= 0.3 is 5.97 Å². The molecule has 0 amide bonds. The molecule has 3 rings (SSSR count). The third-order valence-electron chi connectivity index (χ3n) is 4.70. The molecule has 1 unspecified atom stereocenters. The molecule has 0 spiro atoms. The zero-order valence-corrected chi connectivity index (χ0v) is 17.7. The standard InChI is InChI=1S/C23H20ClFN2O4/c1-3-29-23(28)20-13(2)31-22(27)18(11-26)21(20)14-5-4-6-17(9-14)30-12-15-7-8-16(24)10-19(15)25/h4-10,21H,3,12,27H2,1-2H3. The number of allylic oxidation sites excluding steroid dienone is 2. The van der Waals surface area contributed by atoms with Crippen LogP contribution in [0.4, 0.5) is 4.39 Å². The molecule has 0 aromatic heterocycles. The van der Waals surface area contributed by atoms with E-state index in [1.165, 1.54) is 6.07 Å². The predicted octanol–water partition coefficient (Wildman–Crippen LogP) is 4.70. The van der Waals surface area contributed by atoms with Crippen LogP contribution in [0.25, 0.3) is 0 Å². The van der Waals surface area contributed by atoms with Gasteiger partial charge in [0.1, 0.15) is 35.6 Å². The van der Waals surface area contributed by atoms with Crippen LogP contribution >= 0.6 is 11.6 Å². The first-order valence-corrected chi connectivity index (χ1v) is 9.85. The summed E-state index contributed by atoms with van der Waals surface area (Å²) in [5.41, 5.74) is 7.11. The van der Waals surface area contributed by atoms with Gasteiger partial charge in [0.25, 0.3) is 0 Å². The number of benzene rings is 2. The fourth-order valence-corrected chi connectivity index (χ4v) is 3.43. The van der Waals surface area contributed by atoms with E-state index in [-0.39, 0.29) is 36.0 Å². The number of nitrogens with two attached hydrogens (primary N) is 1. The summed E-state index contributed by atoms with van der Waals surface area (Å²) in [6.45, 7) is 3.41. The van der Waals surface area contributed by atoms with Crippen molar-refractivity contribution in [2.45, 2.75) is 26.4 Å². The first-order valence-electron chi connectivity index (χ1n) is 9.47. The lowest BCUT2D eigenvalue weighted by Crippen LogP contribution is -2.25. The molecule has 1 heterocycles. The topological polar surface area (TPSA) is 94.6 Å². The smallest absolute Gasteiger partial charge is 0.338 e. The molecule has 0 saturated carbocycles. The maximum absolute atomic E-state index is 14.0. The summed E-state index contributed by atoms with van der Waals surface area (Å²) in [7, 11) is 0. The van der Waals surface area contributed by atoms with Crippen molar-refractivity contribution in [2.24, 2.45) is 5.73 Å². The van der Waals surface area contributed by atoms with Gasteiger partial charge < -0.3 is 19.9 Å². The molecule has 1 aliphatic rings. The van der Waals surface area contributed by atoms with Crippen molar-refractivity contribution in [2.75, 3.05) is 6.61 Å². The molecule has 1 atom stereocenters. The van der Waals surface area contributed by atoms with Crippen molar-refractivity contribution in [1.29, 1.82) is 5.26 Å². The van der Waals surface area contributed by atoms with E-state index in [1.54, 1.807) is 50.2 Å². The second kappa shape index (κ2) is 9.54. The molecule has 2 N–H and O–H groups in total. The molecule has 6 nitrogen and oxygen atoms in total. The number of carbonyl (C=O) groups is 1. The van der Waals surface area contributed by atoms with Crippen molar-refractivity contribution in [3.05, 3.63) is 87.2 Å². The molecule has 8 heteroatoms. The second-order valence-corrected chi connectivity index (χ2v) is 7.15. The fourth-order valence-electron chi connectivity index (χ4n) is 3.27. The van der Waals surface area contributed by atoms with Gasteiger partial charge in [0.05, 0.1) is 18.1 Å². The number of nitrogens with zero attached hydrogens (tertiary/aromatic N) is 1. The molecule has 31 heavy (non-hydrogen) atoms. The Bertz CT molecular complexity index is 1120. The van der Waals surface area contributed by atoms with Crippen LogP contribution in [-0.4, -0.2) is 12.6 Å². The first-order chi connectivity index (χ1) is 14.8. The van der Waals surface area contributed by atoms with Gasteiger partial charge in [0.2, 0.25) is 5.88 Å². The Morgan fingerprint density at radius 1 is 1.32 bits per heavy atom. The van der Waals surface area contributed by atoms with Crippen LogP contribution in [-0.2, 0) is 20.9 Å². The molecule has 0 aliphatic carbocycles. The van der Waals surface area contributed by atoms with E-state index in [0.717, 1.165) is 0 Å². The number of halogens is 2. The number of rotatable bonds is 6. The summed E-state index contributed by atoms with van der Waals surface area (Å²) >= 11 is 5.78. The summed E-state index contributed by atoms with van der Waals surface area (Å²) in [6.07, 6.45) is 0. The Labute approximate surface area is 184 Å². The molecular formula is C23H20ClFN2O4. The van der Waals surface area contributed by atoms with Crippen LogP contribution in [0.3, 0.4) is 0 Å². The highest BCUT2D eigenvalue weighted by Gasteiger charge is 2.36. The molecule has 160 valence electrons. The van der Waals surface area contributed by atoms with Gasteiger partial charge in [-0.25, -0.2) is 9.18 Å². The van der Waals surface area contributed by atoms with Crippen molar-refractivity contribution in [1.82, 2.24) is 0 Å². The molecule has 2 aromatic carbocycles. The average Bonchev–Trinajstić information content (AvgIpc) is 2.73. The molecular weight excluding hydrogens is 423 g/mol. The molecule has 0 saturated heterocycles. The Morgan fingerprint density at radius 3 is 2.77 bits per heavy atom. The van der Waals surface area contributed by atoms with E-state index in [2.05, 4.69) is 0 Å². The highest BCUT2D eigenvalue weighted by molar-refractivity contribution is 6.30. The van der Waals surface area contributed by atoms with Crippen LogP contribution in [0.2, 0.25) is 5.02 Å². The summed E-state index contributed by atoms with van der Waals surface area (Å²) < 4.78 is 30.3. The lowest BCUT2D eigenvalue weighted by Gasteiger charge is -2.27. The van der Waals surface area contributed by atoms with Crippen LogP contribution < -0.4 is 10.5 Å². The lowest BCUT2D eigenvalue weighted by molar-refractivity contribution is -0.139. The summed E-state index contributed by atoms with van der Waals surface area (Å²) in [5, 5.41) is 9.95. The Balaban J connectivity index is 1.94.